The van der Waals surface area contributed by atoms with Gasteiger partial charge >= 0.3 is 12.0 Å². The van der Waals surface area contributed by atoms with E-state index in [1.165, 1.54) is 12.1 Å². The van der Waals surface area contributed by atoms with Crippen LogP contribution in [0.3, 0.4) is 0 Å². The van der Waals surface area contributed by atoms with E-state index in [0.29, 0.717) is 0 Å². The number of amides is 3. The van der Waals surface area contributed by atoms with Crippen molar-refractivity contribution in [1.82, 2.24) is 20.3 Å². The van der Waals surface area contributed by atoms with E-state index in [9.17, 15) is 27.9 Å². The summed E-state index contributed by atoms with van der Waals surface area (Å²) in [5.74, 6) is -2.23. The minimum absolute atomic E-state index is 0.0140. The average Bonchev–Trinajstić information content (AvgIpc) is 3.32. The molecule has 3 amide bonds. The number of ether oxygens (including phenoxy) is 1. The van der Waals surface area contributed by atoms with Crippen LogP contribution >= 0.6 is 0 Å². The second kappa shape index (κ2) is 10.9. The Labute approximate surface area is 190 Å². The van der Waals surface area contributed by atoms with Gasteiger partial charge in [0.25, 0.3) is 0 Å². The fraction of sp³-hybridized carbons (Fsp3) is 0.286. The molecule has 11 nitrogen and oxygen atoms in total. The zero-order valence-corrected chi connectivity index (χ0v) is 18.3. The first-order chi connectivity index (χ1) is 15.8. The van der Waals surface area contributed by atoms with Gasteiger partial charge in [0.2, 0.25) is 15.9 Å². The zero-order chi connectivity index (χ0) is 23.8. The Morgan fingerprint density at radius 3 is 2.30 bits per heavy atom. The normalized spacial score (nSPS) is 17.2. The summed E-state index contributed by atoms with van der Waals surface area (Å²) in [7, 11) is -4.03. The van der Waals surface area contributed by atoms with Crippen LogP contribution in [-0.4, -0.2) is 67.7 Å². The Morgan fingerprint density at radius 1 is 1.03 bits per heavy atom. The van der Waals surface area contributed by atoms with Crippen molar-refractivity contribution in [3.63, 3.8) is 0 Å². The summed E-state index contributed by atoms with van der Waals surface area (Å²) < 4.78 is 31.8. The molecular formula is C21H24N4O7S. The molecule has 0 radical (unpaired) electrons. The molecule has 0 aromatic heterocycles. The molecule has 1 aliphatic heterocycles. The molecule has 12 heteroatoms. The molecule has 1 saturated heterocycles. The van der Waals surface area contributed by atoms with Gasteiger partial charge in [0.1, 0.15) is 18.8 Å². The molecule has 2 unspecified atom stereocenters. The first kappa shape index (κ1) is 24.2. The molecular weight excluding hydrogens is 452 g/mol. The molecule has 1 fully saturated rings. The summed E-state index contributed by atoms with van der Waals surface area (Å²) in [6, 6.07) is 13.3. The highest BCUT2D eigenvalue weighted by Gasteiger charge is 2.41. The highest BCUT2D eigenvalue weighted by molar-refractivity contribution is 7.89. The molecule has 33 heavy (non-hydrogen) atoms. The Bertz CT molecular complexity index is 1080. The molecule has 4 N–H and O–H groups in total. The molecule has 2 aromatic rings. The van der Waals surface area contributed by atoms with Crippen LogP contribution in [0.1, 0.15) is 5.56 Å². The number of sulfonamides is 1. The fourth-order valence-electron chi connectivity index (χ4n) is 3.10. The average molecular weight is 477 g/mol. The lowest BCUT2D eigenvalue weighted by Gasteiger charge is -2.23. The minimum atomic E-state index is -4.03. The number of carboxylic acids is 1. The highest BCUT2D eigenvalue weighted by Crippen LogP contribution is 2.22. The van der Waals surface area contributed by atoms with E-state index in [0.717, 1.165) is 9.87 Å². The predicted molar refractivity (Wildman–Crippen MR) is 116 cm³/mol. The van der Waals surface area contributed by atoms with Crippen molar-refractivity contribution in [2.24, 2.45) is 0 Å². The van der Waals surface area contributed by atoms with Crippen LogP contribution in [0.2, 0.25) is 0 Å². The molecule has 1 heterocycles. The van der Waals surface area contributed by atoms with Crippen molar-refractivity contribution < 1.29 is 32.6 Å². The quantitative estimate of drug-likeness (QED) is 0.400. The van der Waals surface area contributed by atoms with Gasteiger partial charge in [0, 0.05) is 6.54 Å². The lowest BCUT2D eigenvalue weighted by atomic mass is 10.2. The number of benzene rings is 2. The lowest BCUT2D eigenvalue weighted by Crippen LogP contribution is -2.55. The standard InChI is InChI=1S/C21H24N4O7S/c26-19(18-13-32-14-25(18)33(30,31)16-9-5-2-6-10-16)24-17(20(27)28)12-23-21(29)22-11-15-7-3-1-4-8-15/h1-10,17-18H,11-14H2,(H,24,26)(H,27,28)(H2,22,23,29). The molecule has 0 aliphatic carbocycles. The number of carboxylic acid groups (broad SMARTS) is 1. The Kier molecular flexibility index (Phi) is 7.98. The maximum atomic E-state index is 12.9. The van der Waals surface area contributed by atoms with Crippen LogP contribution in [0.4, 0.5) is 4.79 Å². The van der Waals surface area contributed by atoms with Gasteiger partial charge in [-0.1, -0.05) is 48.5 Å². The Hall–Kier alpha value is -3.48. The summed E-state index contributed by atoms with van der Waals surface area (Å²) in [4.78, 5) is 36.3. The fourth-order valence-corrected chi connectivity index (χ4v) is 4.58. The van der Waals surface area contributed by atoms with E-state index in [2.05, 4.69) is 16.0 Å². The summed E-state index contributed by atoms with van der Waals surface area (Å²) in [5.41, 5.74) is 0.858. The van der Waals surface area contributed by atoms with Gasteiger partial charge in [-0.3, -0.25) is 4.79 Å². The molecule has 2 atom stereocenters. The van der Waals surface area contributed by atoms with Crippen molar-refractivity contribution >= 4 is 27.9 Å². The van der Waals surface area contributed by atoms with Crippen molar-refractivity contribution in [3.8, 4) is 0 Å². The molecule has 0 bridgehead atoms. The summed E-state index contributed by atoms with van der Waals surface area (Å²) in [6.45, 7) is -0.731. The number of rotatable bonds is 9. The maximum Gasteiger partial charge on any atom is 0.328 e. The Morgan fingerprint density at radius 2 is 1.67 bits per heavy atom. The second-order valence-corrected chi connectivity index (χ2v) is 9.06. The lowest BCUT2D eigenvalue weighted by molar-refractivity contribution is -0.142. The van der Waals surface area contributed by atoms with Crippen LogP contribution in [0.15, 0.2) is 65.6 Å². The monoisotopic (exact) mass is 476 g/mol. The van der Waals surface area contributed by atoms with Crippen LogP contribution in [0, 0.1) is 0 Å². The van der Waals surface area contributed by atoms with Crippen LogP contribution < -0.4 is 16.0 Å². The summed E-state index contributed by atoms with van der Waals surface area (Å²) in [6.07, 6.45) is 0. The molecule has 2 aromatic carbocycles. The largest absolute Gasteiger partial charge is 0.480 e. The summed E-state index contributed by atoms with van der Waals surface area (Å²) >= 11 is 0. The van der Waals surface area contributed by atoms with E-state index in [4.69, 9.17) is 4.74 Å². The topological polar surface area (TPSA) is 154 Å². The molecule has 1 aliphatic rings. The smallest absolute Gasteiger partial charge is 0.328 e. The third-order valence-corrected chi connectivity index (χ3v) is 6.72. The van der Waals surface area contributed by atoms with Crippen LogP contribution in [0.25, 0.3) is 0 Å². The van der Waals surface area contributed by atoms with Gasteiger partial charge in [0.05, 0.1) is 18.0 Å². The number of hydrogen-bond acceptors (Lipinski definition) is 6. The number of carbonyl (C=O) groups excluding carboxylic acids is 2. The van der Waals surface area contributed by atoms with Crippen LogP contribution in [0.5, 0.6) is 0 Å². The van der Waals surface area contributed by atoms with Gasteiger partial charge in [-0.2, -0.15) is 4.31 Å². The zero-order valence-electron chi connectivity index (χ0n) is 17.5. The number of carbonyl (C=O) groups is 3. The van der Waals surface area contributed by atoms with E-state index < -0.39 is 46.6 Å². The first-order valence-corrected chi connectivity index (χ1v) is 11.5. The van der Waals surface area contributed by atoms with Crippen molar-refractivity contribution in [2.75, 3.05) is 19.9 Å². The first-order valence-electron chi connectivity index (χ1n) is 10.0. The van der Waals surface area contributed by atoms with Gasteiger partial charge in [-0.25, -0.2) is 18.0 Å². The van der Waals surface area contributed by atoms with Gasteiger partial charge < -0.3 is 25.8 Å². The van der Waals surface area contributed by atoms with E-state index in [1.54, 1.807) is 18.2 Å². The number of hydrogen-bond donors (Lipinski definition) is 4. The van der Waals surface area contributed by atoms with Crippen molar-refractivity contribution in [1.29, 1.82) is 0 Å². The Balaban J connectivity index is 1.58. The van der Waals surface area contributed by atoms with Crippen LogP contribution in [-0.2, 0) is 30.9 Å². The van der Waals surface area contributed by atoms with E-state index in [1.807, 2.05) is 30.3 Å². The second-order valence-electron chi connectivity index (χ2n) is 7.17. The van der Waals surface area contributed by atoms with Gasteiger partial charge in [-0.05, 0) is 17.7 Å². The number of aliphatic carboxylic acids is 1. The summed E-state index contributed by atoms with van der Waals surface area (Å²) in [5, 5.41) is 16.7. The minimum Gasteiger partial charge on any atom is -0.480 e. The molecule has 0 spiro atoms. The van der Waals surface area contributed by atoms with E-state index >= 15 is 0 Å². The predicted octanol–water partition coefficient (Wildman–Crippen LogP) is 0.102. The van der Waals surface area contributed by atoms with Gasteiger partial charge in [0.15, 0.2) is 0 Å². The van der Waals surface area contributed by atoms with E-state index in [-0.39, 0.29) is 24.8 Å². The maximum absolute atomic E-state index is 12.9. The number of nitrogens with zero attached hydrogens (tertiary/aromatic N) is 1. The molecule has 0 saturated carbocycles. The number of urea groups is 1. The van der Waals surface area contributed by atoms with Crippen molar-refractivity contribution in [2.45, 2.75) is 23.5 Å². The highest BCUT2D eigenvalue weighted by atomic mass is 32.2. The third-order valence-electron chi connectivity index (χ3n) is 4.87. The molecule has 176 valence electrons. The number of nitrogens with one attached hydrogen (secondary N) is 3. The molecule has 3 rings (SSSR count). The SMILES string of the molecule is O=C(NCc1ccccc1)NCC(NC(=O)C1COCN1S(=O)(=O)c1ccccc1)C(=O)O. The third kappa shape index (κ3) is 6.28. The van der Waals surface area contributed by atoms with Gasteiger partial charge in [-0.15, -0.1) is 0 Å². The van der Waals surface area contributed by atoms with Crippen molar-refractivity contribution in [3.05, 3.63) is 66.2 Å².